The first kappa shape index (κ1) is 16.0. The zero-order valence-corrected chi connectivity index (χ0v) is 12.7. The highest BCUT2D eigenvalue weighted by atomic mass is 19.1. The van der Waals surface area contributed by atoms with Crippen molar-refractivity contribution >= 4 is 0 Å². The van der Waals surface area contributed by atoms with Crippen LogP contribution in [0, 0.1) is 17.7 Å². The molecule has 1 aromatic rings. The number of aliphatic hydroxyl groups is 1. The monoisotopic (exact) mass is 289 g/mol. The summed E-state index contributed by atoms with van der Waals surface area (Å²) < 4.78 is 14.2. The quantitative estimate of drug-likeness (QED) is 0.860. The van der Waals surface area contributed by atoms with Gasteiger partial charge in [0, 0.05) is 23.7 Å². The largest absolute Gasteiger partial charge is 0.384 e. The summed E-state index contributed by atoms with van der Waals surface area (Å²) in [5.74, 6) is 5.08. The molecule has 1 aliphatic rings. The molecular formula is C18H24FNO. The maximum Gasteiger partial charge on any atom is 0.128 e. The van der Waals surface area contributed by atoms with Crippen LogP contribution >= 0.6 is 0 Å². The van der Waals surface area contributed by atoms with E-state index in [0.717, 1.165) is 12.1 Å². The molecule has 21 heavy (non-hydrogen) atoms. The summed E-state index contributed by atoms with van der Waals surface area (Å²) in [7, 11) is 0. The molecule has 0 aliphatic heterocycles. The number of nitrogens with zero attached hydrogens (tertiary/aromatic N) is 1. The van der Waals surface area contributed by atoms with Crippen LogP contribution < -0.4 is 0 Å². The molecule has 1 N–H and O–H groups in total. The van der Waals surface area contributed by atoms with Gasteiger partial charge in [-0.25, -0.2) is 4.39 Å². The highest BCUT2D eigenvalue weighted by Crippen LogP contribution is 2.24. The van der Waals surface area contributed by atoms with Crippen molar-refractivity contribution in [3.63, 3.8) is 0 Å². The van der Waals surface area contributed by atoms with E-state index in [1.807, 2.05) is 12.1 Å². The van der Waals surface area contributed by atoms with Crippen LogP contribution in [-0.4, -0.2) is 29.2 Å². The van der Waals surface area contributed by atoms with E-state index < -0.39 is 0 Å². The molecule has 0 bridgehead atoms. The van der Waals surface area contributed by atoms with Crippen molar-refractivity contribution in [3.05, 3.63) is 35.1 Å². The number of rotatable bonds is 4. The second-order valence-corrected chi connectivity index (χ2v) is 5.62. The molecule has 0 saturated heterocycles. The van der Waals surface area contributed by atoms with Crippen molar-refractivity contribution in [2.24, 2.45) is 0 Å². The molecule has 0 heterocycles. The summed E-state index contributed by atoms with van der Waals surface area (Å²) in [5.41, 5.74) is 1.35. The Labute approximate surface area is 127 Å². The number of aliphatic hydroxyl groups excluding tert-OH is 1. The van der Waals surface area contributed by atoms with Gasteiger partial charge in [0.2, 0.25) is 0 Å². The van der Waals surface area contributed by atoms with E-state index in [1.165, 1.54) is 38.2 Å². The van der Waals surface area contributed by atoms with E-state index in [0.29, 0.717) is 18.2 Å². The predicted octanol–water partition coefficient (Wildman–Crippen LogP) is 3.32. The summed E-state index contributed by atoms with van der Waals surface area (Å²) in [6, 6.07) is 5.71. The van der Waals surface area contributed by atoms with E-state index >= 15 is 0 Å². The van der Waals surface area contributed by atoms with Crippen molar-refractivity contribution in [2.75, 3.05) is 13.2 Å². The van der Waals surface area contributed by atoms with Gasteiger partial charge in [0.25, 0.3) is 0 Å². The average molecular weight is 289 g/mol. The van der Waals surface area contributed by atoms with Crippen molar-refractivity contribution in [1.82, 2.24) is 4.90 Å². The Morgan fingerprint density at radius 1 is 1.29 bits per heavy atom. The van der Waals surface area contributed by atoms with Gasteiger partial charge in [-0.2, -0.15) is 0 Å². The Morgan fingerprint density at radius 3 is 2.67 bits per heavy atom. The summed E-state index contributed by atoms with van der Waals surface area (Å²) in [6.07, 6.45) is 6.38. The molecule has 0 radical (unpaired) electrons. The van der Waals surface area contributed by atoms with Gasteiger partial charge in [-0.05, 0) is 31.5 Å². The predicted molar refractivity (Wildman–Crippen MR) is 83.3 cm³/mol. The smallest absolute Gasteiger partial charge is 0.128 e. The number of hydrogen-bond donors (Lipinski definition) is 1. The minimum Gasteiger partial charge on any atom is -0.384 e. The molecule has 1 saturated carbocycles. The Balaban J connectivity index is 2.06. The van der Waals surface area contributed by atoms with Crippen LogP contribution in [0.1, 0.15) is 50.2 Å². The first-order valence-electron chi connectivity index (χ1n) is 7.86. The standard InChI is InChI=1S/C18H24FNO/c1-2-20(17-8-4-3-5-9-17)14-16-11-10-15(7-6-12-21)13-18(16)19/h10-11,13,17,21H,2-5,8-9,12,14H2,1H3. The molecule has 2 rings (SSSR count). The minimum absolute atomic E-state index is 0.200. The normalized spacial score (nSPS) is 15.8. The molecule has 3 heteroatoms. The minimum atomic E-state index is -0.200. The van der Waals surface area contributed by atoms with Crippen LogP contribution in [0.15, 0.2) is 18.2 Å². The van der Waals surface area contributed by atoms with E-state index in [1.54, 1.807) is 0 Å². The van der Waals surface area contributed by atoms with E-state index in [2.05, 4.69) is 23.7 Å². The average Bonchev–Trinajstić information content (AvgIpc) is 2.53. The van der Waals surface area contributed by atoms with Crippen molar-refractivity contribution in [2.45, 2.75) is 51.6 Å². The SMILES string of the molecule is CCN(Cc1ccc(C#CCO)cc1F)C1CCCCC1. The molecule has 0 aromatic heterocycles. The zero-order chi connectivity index (χ0) is 15.1. The van der Waals surface area contributed by atoms with Crippen molar-refractivity contribution in [3.8, 4) is 11.8 Å². The van der Waals surface area contributed by atoms with E-state index in [-0.39, 0.29) is 12.4 Å². The molecule has 0 unspecified atom stereocenters. The van der Waals surface area contributed by atoms with Crippen LogP contribution in [0.4, 0.5) is 4.39 Å². The molecule has 114 valence electrons. The van der Waals surface area contributed by atoms with Gasteiger partial charge in [-0.3, -0.25) is 4.90 Å². The number of hydrogen-bond acceptors (Lipinski definition) is 2. The number of halogens is 1. The van der Waals surface area contributed by atoms with Gasteiger partial charge >= 0.3 is 0 Å². The van der Waals surface area contributed by atoms with Gasteiger partial charge in [0.1, 0.15) is 12.4 Å². The van der Waals surface area contributed by atoms with Gasteiger partial charge < -0.3 is 5.11 Å². The third kappa shape index (κ3) is 4.56. The van der Waals surface area contributed by atoms with Crippen LogP contribution in [0.25, 0.3) is 0 Å². The first-order chi connectivity index (χ1) is 10.2. The van der Waals surface area contributed by atoms with Gasteiger partial charge in [-0.1, -0.05) is 44.1 Å². The Bertz CT molecular complexity index is 512. The molecule has 0 atom stereocenters. The molecule has 1 aliphatic carbocycles. The lowest BCUT2D eigenvalue weighted by atomic mass is 9.94. The Kier molecular flexibility index (Phi) is 6.22. The van der Waals surface area contributed by atoms with E-state index in [4.69, 9.17) is 5.11 Å². The molecule has 2 nitrogen and oxygen atoms in total. The summed E-state index contributed by atoms with van der Waals surface area (Å²) in [6.45, 7) is 3.57. The molecule has 1 aromatic carbocycles. The van der Waals surface area contributed by atoms with Crippen molar-refractivity contribution in [1.29, 1.82) is 0 Å². The molecule has 1 fully saturated rings. The number of benzene rings is 1. The molecule has 0 spiro atoms. The second kappa shape index (κ2) is 8.17. The van der Waals surface area contributed by atoms with Crippen LogP contribution in [0.5, 0.6) is 0 Å². The Morgan fingerprint density at radius 2 is 2.05 bits per heavy atom. The fraction of sp³-hybridized carbons (Fsp3) is 0.556. The third-order valence-corrected chi connectivity index (χ3v) is 4.24. The second-order valence-electron chi connectivity index (χ2n) is 5.62. The topological polar surface area (TPSA) is 23.5 Å². The lowest BCUT2D eigenvalue weighted by molar-refractivity contribution is 0.154. The highest BCUT2D eigenvalue weighted by molar-refractivity contribution is 5.37. The zero-order valence-electron chi connectivity index (χ0n) is 12.7. The Hall–Kier alpha value is -1.37. The van der Waals surface area contributed by atoms with Crippen molar-refractivity contribution < 1.29 is 9.50 Å². The van der Waals surface area contributed by atoms with Crippen LogP contribution in [0.3, 0.4) is 0 Å². The summed E-state index contributed by atoms with van der Waals surface area (Å²) >= 11 is 0. The summed E-state index contributed by atoms with van der Waals surface area (Å²) in [5, 5.41) is 8.67. The summed E-state index contributed by atoms with van der Waals surface area (Å²) in [4.78, 5) is 2.39. The highest BCUT2D eigenvalue weighted by Gasteiger charge is 2.20. The fourth-order valence-corrected chi connectivity index (χ4v) is 3.06. The maximum atomic E-state index is 14.2. The van der Waals surface area contributed by atoms with Crippen LogP contribution in [-0.2, 0) is 6.54 Å². The fourth-order valence-electron chi connectivity index (χ4n) is 3.06. The van der Waals surface area contributed by atoms with Gasteiger partial charge in [0.15, 0.2) is 0 Å². The molecular weight excluding hydrogens is 265 g/mol. The van der Waals surface area contributed by atoms with E-state index in [9.17, 15) is 4.39 Å². The first-order valence-corrected chi connectivity index (χ1v) is 7.86. The lowest BCUT2D eigenvalue weighted by Gasteiger charge is -2.33. The molecule has 0 amide bonds. The maximum absolute atomic E-state index is 14.2. The lowest BCUT2D eigenvalue weighted by Crippen LogP contribution is -2.36. The van der Waals surface area contributed by atoms with Gasteiger partial charge in [-0.15, -0.1) is 0 Å². The van der Waals surface area contributed by atoms with Gasteiger partial charge in [0.05, 0.1) is 0 Å². The third-order valence-electron chi connectivity index (χ3n) is 4.24. The van der Waals surface area contributed by atoms with Crippen LogP contribution in [0.2, 0.25) is 0 Å².